The first-order valence-electron chi connectivity index (χ1n) is 11.7. The molecule has 0 saturated carbocycles. The first-order chi connectivity index (χ1) is 17.2. The highest BCUT2D eigenvalue weighted by atomic mass is 19.4. The predicted octanol–water partition coefficient (Wildman–Crippen LogP) is 6.26. The molecule has 0 aliphatic rings. The van der Waals surface area contributed by atoms with Crippen molar-refractivity contribution in [3.8, 4) is 5.69 Å². The van der Waals surface area contributed by atoms with E-state index in [9.17, 15) is 23.1 Å². The number of amides is 1. The fourth-order valence-corrected chi connectivity index (χ4v) is 4.58. The Hall–Kier alpha value is -3.84. The van der Waals surface area contributed by atoms with Crippen molar-refractivity contribution in [2.45, 2.75) is 25.6 Å². The fourth-order valence-electron chi connectivity index (χ4n) is 4.58. The Balaban J connectivity index is 2.06. The molecule has 36 heavy (non-hydrogen) atoms. The summed E-state index contributed by atoms with van der Waals surface area (Å²) in [6.07, 6.45) is -3.27. The Bertz CT molecular complexity index is 1290. The van der Waals surface area contributed by atoms with E-state index in [1.54, 1.807) is 86.6 Å². The van der Waals surface area contributed by atoms with Crippen LogP contribution < -0.4 is 0 Å². The largest absolute Gasteiger partial charge is 0.418 e. The number of hydrogen-bond donors (Lipinski definition) is 1. The second-order valence-corrected chi connectivity index (χ2v) is 8.38. The molecule has 0 fully saturated rings. The molecule has 0 aliphatic heterocycles. The van der Waals surface area contributed by atoms with Crippen molar-refractivity contribution in [2.75, 3.05) is 13.1 Å². The Labute approximate surface area is 208 Å². The minimum absolute atomic E-state index is 0.0885. The number of nitrogens with zero attached hydrogens (tertiary/aromatic N) is 2. The minimum Gasteiger partial charge on any atom is -0.375 e. The highest BCUT2D eigenvalue weighted by Gasteiger charge is 2.41. The summed E-state index contributed by atoms with van der Waals surface area (Å²) in [5, 5.41) is 12.3. The highest BCUT2D eigenvalue weighted by molar-refractivity contribution is 5.98. The first-order valence-corrected chi connectivity index (χ1v) is 11.7. The first kappa shape index (κ1) is 25.3. The third kappa shape index (κ3) is 4.42. The number of carbonyl (C=O) groups is 1. The lowest BCUT2D eigenvalue weighted by atomic mass is 9.83. The van der Waals surface area contributed by atoms with E-state index < -0.39 is 23.2 Å². The maximum Gasteiger partial charge on any atom is 0.418 e. The third-order valence-corrected chi connectivity index (χ3v) is 6.37. The van der Waals surface area contributed by atoms with Crippen molar-refractivity contribution >= 4 is 5.91 Å². The van der Waals surface area contributed by atoms with Gasteiger partial charge in [-0.15, -0.1) is 0 Å². The van der Waals surface area contributed by atoms with Gasteiger partial charge in [0, 0.05) is 19.3 Å². The van der Waals surface area contributed by atoms with Gasteiger partial charge in [0.1, 0.15) is 0 Å². The Morgan fingerprint density at radius 3 is 1.86 bits per heavy atom. The molecule has 0 spiro atoms. The summed E-state index contributed by atoms with van der Waals surface area (Å²) in [4.78, 5) is 14.9. The van der Waals surface area contributed by atoms with Crippen LogP contribution in [0, 0.1) is 0 Å². The molecule has 4 rings (SSSR count). The highest BCUT2D eigenvalue weighted by Crippen LogP contribution is 2.41. The van der Waals surface area contributed by atoms with E-state index in [2.05, 4.69) is 0 Å². The van der Waals surface area contributed by atoms with Crippen LogP contribution in [-0.2, 0) is 11.8 Å². The van der Waals surface area contributed by atoms with E-state index in [4.69, 9.17) is 0 Å². The van der Waals surface area contributed by atoms with Gasteiger partial charge in [-0.2, -0.15) is 13.2 Å². The molecule has 1 heterocycles. The average Bonchev–Trinajstić information content (AvgIpc) is 3.39. The maximum atomic E-state index is 14.3. The summed E-state index contributed by atoms with van der Waals surface area (Å²) in [7, 11) is 0. The van der Waals surface area contributed by atoms with E-state index in [1.807, 2.05) is 0 Å². The van der Waals surface area contributed by atoms with Crippen molar-refractivity contribution in [2.24, 2.45) is 0 Å². The fraction of sp³-hybridized carbons (Fsp3) is 0.207. The summed E-state index contributed by atoms with van der Waals surface area (Å²) >= 11 is 0. The number of rotatable bonds is 7. The topological polar surface area (TPSA) is 45.5 Å². The molecule has 3 aromatic carbocycles. The second kappa shape index (κ2) is 10.0. The summed E-state index contributed by atoms with van der Waals surface area (Å²) in [5.41, 5.74) is -2.00. The van der Waals surface area contributed by atoms with Gasteiger partial charge in [-0.25, -0.2) is 0 Å². The summed E-state index contributed by atoms with van der Waals surface area (Å²) in [6, 6.07) is 24.3. The standard InChI is InChI=1S/C29H27F3N2O2/c1-3-33(4-2)27(35)23-17-11-18-24(29(30,31)32)26(23)34-20-12-19-25(34)28(36,21-13-7-5-8-14-21)22-15-9-6-10-16-22/h5-20,36H,3-4H2,1-2H3. The van der Waals surface area contributed by atoms with Crippen LogP contribution in [0.4, 0.5) is 13.2 Å². The number of aromatic nitrogens is 1. The molecule has 0 saturated heterocycles. The van der Waals surface area contributed by atoms with E-state index in [1.165, 1.54) is 27.8 Å². The lowest BCUT2D eigenvalue weighted by Crippen LogP contribution is -2.34. The van der Waals surface area contributed by atoms with Crippen molar-refractivity contribution < 1.29 is 23.1 Å². The van der Waals surface area contributed by atoms with Crippen molar-refractivity contribution in [1.82, 2.24) is 9.47 Å². The van der Waals surface area contributed by atoms with Gasteiger partial charge >= 0.3 is 6.18 Å². The van der Waals surface area contributed by atoms with Crippen molar-refractivity contribution in [3.05, 3.63) is 125 Å². The molecule has 1 aromatic heterocycles. The van der Waals surface area contributed by atoms with Crippen LogP contribution in [0.25, 0.3) is 5.69 Å². The Morgan fingerprint density at radius 2 is 1.36 bits per heavy atom. The number of aliphatic hydroxyl groups is 1. The Kier molecular flexibility index (Phi) is 7.04. The predicted molar refractivity (Wildman–Crippen MR) is 133 cm³/mol. The molecule has 0 radical (unpaired) electrons. The third-order valence-electron chi connectivity index (χ3n) is 6.37. The smallest absolute Gasteiger partial charge is 0.375 e. The molecule has 4 aromatic rings. The van der Waals surface area contributed by atoms with Gasteiger partial charge in [0.2, 0.25) is 0 Å². The zero-order chi connectivity index (χ0) is 25.9. The minimum atomic E-state index is -4.73. The lowest BCUT2D eigenvalue weighted by molar-refractivity contribution is -0.137. The van der Waals surface area contributed by atoms with E-state index in [-0.39, 0.29) is 16.9 Å². The number of para-hydroxylation sites is 1. The number of hydrogen-bond acceptors (Lipinski definition) is 2. The van der Waals surface area contributed by atoms with Crippen LogP contribution in [0.15, 0.2) is 97.2 Å². The zero-order valence-electron chi connectivity index (χ0n) is 20.0. The monoisotopic (exact) mass is 492 g/mol. The van der Waals surface area contributed by atoms with Crippen molar-refractivity contribution in [1.29, 1.82) is 0 Å². The molecule has 4 nitrogen and oxygen atoms in total. The molecule has 0 aliphatic carbocycles. The van der Waals surface area contributed by atoms with E-state index >= 15 is 0 Å². The molecule has 0 bridgehead atoms. The summed E-state index contributed by atoms with van der Waals surface area (Å²) in [5.74, 6) is -0.510. The average molecular weight is 493 g/mol. The number of halogens is 3. The van der Waals surface area contributed by atoms with Gasteiger partial charge in [-0.05, 0) is 49.2 Å². The molecule has 0 unspecified atom stereocenters. The number of carbonyl (C=O) groups excluding carboxylic acids is 1. The molecule has 186 valence electrons. The van der Waals surface area contributed by atoms with Crippen LogP contribution in [-0.4, -0.2) is 33.6 Å². The van der Waals surface area contributed by atoms with Crippen LogP contribution >= 0.6 is 0 Å². The molecule has 1 N–H and O–H groups in total. The molecule has 0 atom stereocenters. The van der Waals surface area contributed by atoms with Gasteiger partial charge in [0.15, 0.2) is 5.60 Å². The lowest BCUT2D eigenvalue weighted by Gasteiger charge is -2.32. The van der Waals surface area contributed by atoms with Gasteiger partial charge in [0.05, 0.1) is 22.5 Å². The second-order valence-electron chi connectivity index (χ2n) is 8.38. The Morgan fingerprint density at radius 1 is 0.806 bits per heavy atom. The molecule has 7 heteroatoms. The summed E-state index contributed by atoms with van der Waals surface area (Å²) < 4.78 is 44.3. The normalized spacial score (nSPS) is 11.9. The molecular weight excluding hydrogens is 465 g/mol. The van der Waals surface area contributed by atoms with Gasteiger partial charge in [-0.1, -0.05) is 66.7 Å². The van der Waals surface area contributed by atoms with Gasteiger partial charge in [0.25, 0.3) is 5.91 Å². The maximum absolute atomic E-state index is 14.3. The summed E-state index contributed by atoms with van der Waals surface area (Å²) in [6.45, 7) is 4.25. The van der Waals surface area contributed by atoms with Crippen LogP contribution in [0.1, 0.15) is 46.6 Å². The van der Waals surface area contributed by atoms with Crippen LogP contribution in [0.2, 0.25) is 0 Å². The quantitative estimate of drug-likeness (QED) is 0.331. The SMILES string of the molecule is CCN(CC)C(=O)c1cccc(C(F)(F)F)c1-n1cccc1C(O)(c1ccccc1)c1ccccc1. The van der Waals surface area contributed by atoms with Gasteiger partial charge in [-0.3, -0.25) is 4.79 Å². The molecule has 1 amide bonds. The van der Waals surface area contributed by atoms with Crippen LogP contribution in [0.3, 0.4) is 0 Å². The molecular formula is C29H27F3N2O2. The number of alkyl halides is 3. The van der Waals surface area contributed by atoms with Crippen LogP contribution in [0.5, 0.6) is 0 Å². The van der Waals surface area contributed by atoms with E-state index in [0.717, 1.165) is 6.07 Å². The van der Waals surface area contributed by atoms with Gasteiger partial charge < -0.3 is 14.6 Å². The van der Waals surface area contributed by atoms with Crippen molar-refractivity contribution in [3.63, 3.8) is 0 Å². The van der Waals surface area contributed by atoms with E-state index in [0.29, 0.717) is 24.2 Å². The zero-order valence-corrected chi connectivity index (χ0v) is 20.0. The number of benzene rings is 3.